The molecule has 0 saturated heterocycles. The van der Waals surface area contributed by atoms with Crippen molar-refractivity contribution in [3.8, 4) is 11.3 Å². The number of hydrogen-bond donors (Lipinski definition) is 1. The average molecular weight is 317 g/mol. The molecule has 0 fully saturated rings. The highest BCUT2D eigenvalue weighted by molar-refractivity contribution is 9.10. The molecule has 0 atom stereocenters. The lowest BCUT2D eigenvalue weighted by molar-refractivity contribution is 0.428. The van der Waals surface area contributed by atoms with Crippen LogP contribution in [0, 0.1) is 11.6 Å². The SMILES string of the molecule is CC(C)c1c(N)noc1-c1c(F)cc(Br)cc1F. The van der Waals surface area contributed by atoms with E-state index in [0.29, 0.717) is 10.0 Å². The minimum Gasteiger partial charge on any atom is -0.381 e. The molecule has 0 aliphatic rings. The van der Waals surface area contributed by atoms with E-state index in [1.165, 1.54) is 12.1 Å². The number of halogens is 3. The molecule has 0 saturated carbocycles. The van der Waals surface area contributed by atoms with E-state index in [2.05, 4.69) is 21.1 Å². The summed E-state index contributed by atoms with van der Waals surface area (Å²) in [7, 11) is 0. The summed E-state index contributed by atoms with van der Waals surface area (Å²) in [5, 5.41) is 3.58. The fourth-order valence-corrected chi connectivity index (χ4v) is 2.21. The van der Waals surface area contributed by atoms with Gasteiger partial charge in [-0.15, -0.1) is 0 Å². The van der Waals surface area contributed by atoms with Gasteiger partial charge in [0, 0.05) is 10.0 Å². The number of nitrogens with zero attached hydrogens (tertiary/aromatic N) is 1. The Balaban J connectivity index is 2.70. The monoisotopic (exact) mass is 316 g/mol. The van der Waals surface area contributed by atoms with Gasteiger partial charge in [-0.1, -0.05) is 34.9 Å². The van der Waals surface area contributed by atoms with Crippen LogP contribution >= 0.6 is 15.9 Å². The molecule has 6 heteroatoms. The van der Waals surface area contributed by atoms with Crippen molar-refractivity contribution in [3.05, 3.63) is 33.8 Å². The molecule has 0 aliphatic heterocycles. The minimum absolute atomic E-state index is 0.0463. The number of rotatable bonds is 2. The third kappa shape index (κ3) is 2.12. The molecule has 0 aliphatic carbocycles. The highest BCUT2D eigenvalue weighted by Gasteiger charge is 2.24. The predicted molar refractivity (Wildman–Crippen MR) is 68.1 cm³/mol. The van der Waals surface area contributed by atoms with Crippen LogP contribution in [0.4, 0.5) is 14.6 Å². The molecule has 18 heavy (non-hydrogen) atoms. The van der Waals surface area contributed by atoms with Crippen LogP contribution in [0.25, 0.3) is 11.3 Å². The van der Waals surface area contributed by atoms with Crippen molar-refractivity contribution < 1.29 is 13.3 Å². The van der Waals surface area contributed by atoms with Crippen LogP contribution in [-0.4, -0.2) is 5.16 Å². The molecule has 1 heterocycles. The molecule has 1 aromatic carbocycles. The van der Waals surface area contributed by atoms with Crippen molar-refractivity contribution in [2.75, 3.05) is 5.73 Å². The summed E-state index contributed by atoms with van der Waals surface area (Å²) in [5.41, 5.74) is 5.92. The minimum atomic E-state index is -0.722. The van der Waals surface area contributed by atoms with Crippen LogP contribution in [0.15, 0.2) is 21.1 Å². The highest BCUT2D eigenvalue weighted by atomic mass is 79.9. The summed E-state index contributed by atoms with van der Waals surface area (Å²) in [6, 6.07) is 2.34. The Hall–Kier alpha value is -1.43. The lowest BCUT2D eigenvalue weighted by Gasteiger charge is -2.07. The highest BCUT2D eigenvalue weighted by Crippen LogP contribution is 2.37. The van der Waals surface area contributed by atoms with Gasteiger partial charge in [0.1, 0.15) is 11.6 Å². The second-order valence-electron chi connectivity index (χ2n) is 4.21. The second kappa shape index (κ2) is 4.68. The first-order valence-corrected chi connectivity index (χ1v) is 6.11. The van der Waals surface area contributed by atoms with E-state index in [0.717, 1.165) is 0 Å². The van der Waals surface area contributed by atoms with Crippen LogP contribution < -0.4 is 5.73 Å². The van der Waals surface area contributed by atoms with E-state index >= 15 is 0 Å². The molecule has 2 aromatic rings. The van der Waals surface area contributed by atoms with Crippen LogP contribution in [-0.2, 0) is 0 Å². The molecule has 2 N–H and O–H groups in total. The van der Waals surface area contributed by atoms with Gasteiger partial charge in [-0.3, -0.25) is 0 Å². The van der Waals surface area contributed by atoms with Gasteiger partial charge in [0.2, 0.25) is 0 Å². The van der Waals surface area contributed by atoms with Gasteiger partial charge in [-0.25, -0.2) is 8.78 Å². The maximum atomic E-state index is 13.9. The van der Waals surface area contributed by atoms with Crippen LogP contribution in [0.2, 0.25) is 0 Å². The van der Waals surface area contributed by atoms with E-state index in [-0.39, 0.29) is 23.1 Å². The van der Waals surface area contributed by atoms with Gasteiger partial charge in [0.15, 0.2) is 11.6 Å². The van der Waals surface area contributed by atoms with Gasteiger partial charge in [-0.05, 0) is 18.1 Å². The zero-order valence-electron chi connectivity index (χ0n) is 9.80. The fraction of sp³-hybridized carbons (Fsp3) is 0.250. The molecule has 0 bridgehead atoms. The Bertz CT molecular complexity index is 573. The normalized spacial score (nSPS) is 11.2. The summed E-state index contributed by atoms with van der Waals surface area (Å²) in [4.78, 5) is 0. The van der Waals surface area contributed by atoms with Gasteiger partial charge in [-0.2, -0.15) is 0 Å². The molecule has 0 unspecified atom stereocenters. The Morgan fingerprint density at radius 3 is 2.33 bits per heavy atom. The zero-order valence-corrected chi connectivity index (χ0v) is 11.4. The quantitative estimate of drug-likeness (QED) is 0.908. The number of anilines is 1. The van der Waals surface area contributed by atoms with E-state index in [1.54, 1.807) is 0 Å². The van der Waals surface area contributed by atoms with Crippen molar-refractivity contribution in [2.24, 2.45) is 0 Å². The maximum Gasteiger partial charge on any atom is 0.178 e. The van der Waals surface area contributed by atoms with E-state index in [9.17, 15) is 8.78 Å². The summed E-state index contributed by atoms with van der Waals surface area (Å²) in [6.07, 6.45) is 0. The molecule has 3 nitrogen and oxygen atoms in total. The van der Waals surface area contributed by atoms with Crippen molar-refractivity contribution in [1.82, 2.24) is 5.16 Å². The third-order valence-electron chi connectivity index (χ3n) is 2.57. The molecule has 1 aromatic heterocycles. The van der Waals surface area contributed by atoms with E-state index in [4.69, 9.17) is 10.3 Å². The first-order chi connectivity index (χ1) is 8.41. The Kier molecular flexibility index (Phi) is 3.38. The van der Waals surface area contributed by atoms with E-state index < -0.39 is 11.6 Å². The number of aromatic nitrogens is 1. The maximum absolute atomic E-state index is 13.9. The Morgan fingerprint density at radius 1 is 1.28 bits per heavy atom. The molecular formula is C12H11BrF2N2O. The first-order valence-electron chi connectivity index (χ1n) is 5.31. The lowest BCUT2D eigenvalue weighted by Crippen LogP contribution is -1.97. The molecule has 2 rings (SSSR count). The summed E-state index contributed by atoms with van der Waals surface area (Å²) >= 11 is 3.02. The zero-order chi connectivity index (χ0) is 13.4. The Morgan fingerprint density at radius 2 is 1.83 bits per heavy atom. The largest absolute Gasteiger partial charge is 0.381 e. The van der Waals surface area contributed by atoms with Crippen molar-refractivity contribution in [2.45, 2.75) is 19.8 Å². The molecule has 0 spiro atoms. The number of nitrogen functional groups attached to an aromatic ring is 1. The topological polar surface area (TPSA) is 52.0 Å². The summed E-state index contributed by atoms with van der Waals surface area (Å²) in [5.74, 6) is -1.29. The first kappa shape index (κ1) is 13.0. The van der Waals surface area contributed by atoms with E-state index in [1.807, 2.05) is 13.8 Å². The molecular weight excluding hydrogens is 306 g/mol. The van der Waals surface area contributed by atoms with Crippen molar-refractivity contribution in [3.63, 3.8) is 0 Å². The van der Waals surface area contributed by atoms with Gasteiger partial charge < -0.3 is 10.3 Å². The van der Waals surface area contributed by atoms with Crippen molar-refractivity contribution in [1.29, 1.82) is 0 Å². The Labute approximate surface area is 111 Å². The fourth-order valence-electron chi connectivity index (χ4n) is 1.81. The number of nitrogens with two attached hydrogens (primary N) is 1. The molecule has 0 amide bonds. The molecule has 0 radical (unpaired) electrons. The summed E-state index contributed by atoms with van der Waals surface area (Å²) < 4.78 is 33.0. The molecule has 96 valence electrons. The second-order valence-corrected chi connectivity index (χ2v) is 5.13. The van der Waals surface area contributed by atoms with Crippen LogP contribution in [0.3, 0.4) is 0 Å². The van der Waals surface area contributed by atoms with Crippen LogP contribution in [0.5, 0.6) is 0 Å². The number of benzene rings is 1. The van der Waals surface area contributed by atoms with Gasteiger partial charge >= 0.3 is 0 Å². The van der Waals surface area contributed by atoms with Gasteiger partial charge in [0.25, 0.3) is 0 Å². The average Bonchev–Trinajstić information content (AvgIpc) is 2.58. The standard InChI is InChI=1S/C12H11BrF2N2O/c1-5(2)9-11(18-17-12(9)16)10-7(14)3-6(13)4-8(10)15/h3-5H,1-2H3,(H2,16,17). The summed E-state index contributed by atoms with van der Waals surface area (Å²) in [6.45, 7) is 3.70. The smallest absolute Gasteiger partial charge is 0.178 e. The third-order valence-corrected chi connectivity index (χ3v) is 3.02. The van der Waals surface area contributed by atoms with Gasteiger partial charge in [0.05, 0.1) is 5.56 Å². The lowest BCUT2D eigenvalue weighted by atomic mass is 9.99. The van der Waals surface area contributed by atoms with Crippen LogP contribution in [0.1, 0.15) is 25.3 Å². The predicted octanol–water partition coefficient (Wildman–Crippen LogP) is 4.09. The number of hydrogen-bond acceptors (Lipinski definition) is 3. The van der Waals surface area contributed by atoms with Crippen molar-refractivity contribution >= 4 is 21.7 Å².